The third kappa shape index (κ3) is 5.35. The molecule has 2 aromatic rings. The van der Waals surface area contributed by atoms with Crippen LogP contribution in [0.2, 0.25) is 5.02 Å². The number of hydrogen-bond acceptors (Lipinski definition) is 5. The molecule has 0 saturated carbocycles. The number of fused-ring (bicyclic) bond motifs is 2. The number of pyridine rings is 1. The van der Waals surface area contributed by atoms with Crippen LogP contribution in [-0.4, -0.2) is 54.4 Å². The van der Waals surface area contributed by atoms with Crippen molar-refractivity contribution in [3.8, 4) is 11.6 Å². The van der Waals surface area contributed by atoms with E-state index >= 15 is 0 Å². The molecule has 0 unspecified atom stereocenters. The van der Waals surface area contributed by atoms with E-state index in [2.05, 4.69) is 15.2 Å². The number of halogens is 1. The van der Waals surface area contributed by atoms with Gasteiger partial charge in [-0.15, -0.1) is 0 Å². The van der Waals surface area contributed by atoms with E-state index in [-0.39, 0.29) is 24.2 Å². The van der Waals surface area contributed by atoms with Crippen LogP contribution in [0.1, 0.15) is 42.5 Å². The van der Waals surface area contributed by atoms with E-state index in [4.69, 9.17) is 16.3 Å². The van der Waals surface area contributed by atoms with E-state index in [1.165, 1.54) is 30.6 Å². The highest BCUT2D eigenvalue weighted by Gasteiger charge is 2.30. The number of aromatic nitrogens is 1. The molecule has 164 valence electrons. The van der Waals surface area contributed by atoms with E-state index in [1.807, 2.05) is 0 Å². The van der Waals surface area contributed by atoms with Crippen molar-refractivity contribution in [3.63, 3.8) is 0 Å². The second kappa shape index (κ2) is 10.1. The van der Waals surface area contributed by atoms with Gasteiger partial charge in [0.05, 0.1) is 5.69 Å². The molecule has 31 heavy (non-hydrogen) atoms. The summed E-state index contributed by atoms with van der Waals surface area (Å²) in [5.74, 6) is 0.0897. The summed E-state index contributed by atoms with van der Waals surface area (Å²) in [4.78, 5) is 33.9. The van der Waals surface area contributed by atoms with Crippen molar-refractivity contribution >= 4 is 29.1 Å². The van der Waals surface area contributed by atoms with Gasteiger partial charge in [0, 0.05) is 17.8 Å². The molecule has 2 amide bonds. The Morgan fingerprint density at radius 2 is 1.97 bits per heavy atom. The summed E-state index contributed by atoms with van der Waals surface area (Å²) < 4.78 is 5.85. The summed E-state index contributed by atoms with van der Waals surface area (Å²) in [6, 6.07) is 8.31. The lowest BCUT2D eigenvalue weighted by atomic mass is 10.2. The molecule has 0 atom stereocenters. The SMILES string of the molecule is O=C(CN1C(=O)c2cccnc2Oc2ccc(Cl)cc21)NCCCN1CCCCCC1. The number of nitrogens with one attached hydrogen (secondary N) is 1. The molecule has 0 aliphatic carbocycles. The van der Waals surface area contributed by atoms with Crippen LogP contribution in [0.5, 0.6) is 11.6 Å². The number of benzene rings is 1. The number of rotatable bonds is 6. The molecular weight excluding hydrogens is 416 g/mol. The number of likely N-dealkylation sites (tertiary alicyclic amines) is 1. The van der Waals surface area contributed by atoms with Gasteiger partial charge in [0.25, 0.3) is 5.91 Å². The maximum atomic E-state index is 13.2. The Balaban J connectivity index is 1.41. The van der Waals surface area contributed by atoms with Crippen molar-refractivity contribution in [3.05, 3.63) is 47.1 Å². The average Bonchev–Trinajstić information content (AvgIpc) is 3.10. The molecule has 1 fully saturated rings. The van der Waals surface area contributed by atoms with E-state index < -0.39 is 0 Å². The zero-order valence-corrected chi connectivity index (χ0v) is 18.2. The van der Waals surface area contributed by atoms with Crippen LogP contribution in [0.4, 0.5) is 5.69 Å². The second-order valence-electron chi connectivity index (χ2n) is 7.92. The Bertz CT molecular complexity index is 944. The van der Waals surface area contributed by atoms with Gasteiger partial charge in [0.2, 0.25) is 11.8 Å². The fourth-order valence-electron chi connectivity index (χ4n) is 4.03. The molecule has 2 aliphatic heterocycles. The van der Waals surface area contributed by atoms with Gasteiger partial charge in [-0.1, -0.05) is 24.4 Å². The van der Waals surface area contributed by atoms with Gasteiger partial charge in [-0.3, -0.25) is 14.5 Å². The number of amides is 2. The fraction of sp³-hybridized carbons (Fsp3) is 0.435. The van der Waals surface area contributed by atoms with Crippen LogP contribution in [0.15, 0.2) is 36.5 Å². The van der Waals surface area contributed by atoms with Crippen LogP contribution in [0.3, 0.4) is 0 Å². The molecule has 1 saturated heterocycles. The van der Waals surface area contributed by atoms with Crippen LogP contribution < -0.4 is 15.0 Å². The molecular formula is C23H27ClN4O3. The Morgan fingerprint density at radius 3 is 2.77 bits per heavy atom. The topological polar surface area (TPSA) is 74.8 Å². The number of carbonyl (C=O) groups is 2. The quantitative estimate of drug-likeness (QED) is 0.687. The van der Waals surface area contributed by atoms with Crippen LogP contribution in [0.25, 0.3) is 0 Å². The molecule has 2 aliphatic rings. The summed E-state index contributed by atoms with van der Waals surface area (Å²) in [6.45, 7) is 3.72. The van der Waals surface area contributed by atoms with Gasteiger partial charge >= 0.3 is 0 Å². The highest BCUT2D eigenvalue weighted by Crippen LogP contribution is 2.39. The zero-order chi connectivity index (χ0) is 21.6. The predicted molar refractivity (Wildman–Crippen MR) is 120 cm³/mol. The van der Waals surface area contributed by atoms with E-state index in [0.29, 0.717) is 28.6 Å². The Kier molecular flexibility index (Phi) is 7.04. The molecule has 3 heterocycles. The minimum Gasteiger partial charge on any atom is -0.436 e. The lowest BCUT2D eigenvalue weighted by molar-refractivity contribution is -0.119. The summed E-state index contributed by atoms with van der Waals surface area (Å²) in [5.41, 5.74) is 0.763. The van der Waals surface area contributed by atoms with Crippen molar-refractivity contribution in [2.24, 2.45) is 0 Å². The first-order chi connectivity index (χ1) is 15.1. The summed E-state index contributed by atoms with van der Waals surface area (Å²) in [7, 11) is 0. The minimum atomic E-state index is -0.344. The zero-order valence-electron chi connectivity index (χ0n) is 17.5. The van der Waals surface area contributed by atoms with Gasteiger partial charge in [-0.05, 0) is 69.2 Å². The second-order valence-corrected chi connectivity index (χ2v) is 8.36. The molecule has 1 aromatic carbocycles. The molecule has 4 rings (SSSR count). The largest absolute Gasteiger partial charge is 0.436 e. The normalized spacial score (nSPS) is 16.5. The molecule has 1 N–H and O–H groups in total. The lowest BCUT2D eigenvalue weighted by Gasteiger charge is -2.22. The Morgan fingerprint density at radius 1 is 1.16 bits per heavy atom. The van der Waals surface area contributed by atoms with Crippen molar-refractivity contribution in [2.75, 3.05) is 37.6 Å². The van der Waals surface area contributed by atoms with E-state index in [1.54, 1.807) is 36.5 Å². The van der Waals surface area contributed by atoms with Crippen molar-refractivity contribution in [2.45, 2.75) is 32.1 Å². The van der Waals surface area contributed by atoms with Crippen LogP contribution in [-0.2, 0) is 4.79 Å². The van der Waals surface area contributed by atoms with Gasteiger partial charge in [-0.25, -0.2) is 4.98 Å². The number of ether oxygens (including phenoxy) is 1. The Hall–Kier alpha value is -2.64. The molecule has 0 spiro atoms. The first kappa shape index (κ1) is 21.6. The third-order valence-corrected chi connectivity index (χ3v) is 5.87. The number of anilines is 1. The number of nitrogens with zero attached hydrogens (tertiary/aromatic N) is 3. The first-order valence-corrected chi connectivity index (χ1v) is 11.2. The standard InChI is InChI=1S/C23H27ClN4O3/c24-17-8-9-20-19(15-17)28(23(30)18-7-5-10-26-22(18)31-20)16-21(29)25-11-6-14-27-12-3-1-2-4-13-27/h5,7-10,15H,1-4,6,11-14,16H2,(H,25,29). The summed E-state index contributed by atoms with van der Waals surface area (Å²) >= 11 is 6.16. The summed E-state index contributed by atoms with van der Waals surface area (Å²) in [5, 5.41) is 3.40. The molecule has 8 heteroatoms. The smallest absolute Gasteiger partial charge is 0.264 e. The summed E-state index contributed by atoms with van der Waals surface area (Å²) in [6.07, 6.45) is 7.58. The molecule has 1 aromatic heterocycles. The van der Waals surface area contributed by atoms with Gasteiger partial charge in [0.15, 0.2) is 5.75 Å². The maximum Gasteiger partial charge on any atom is 0.264 e. The maximum absolute atomic E-state index is 13.2. The van der Waals surface area contributed by atoms with Crippen molar-refractivity contribution in [1.82, 2.24) is 15.2 Å². The van der Waals surface area contributed by atoms with Crippen LogP contribution in [0, 0.1) is 0 Å². The predicted octanol–water partition coefficient (Wildman–Crippen LogP) is 3.87. The lowest BCUT2D eigenvalue weighted by Crippen LogP contribution is -2.41. The number of hydrogen-bond donors (Lipinski definition) is 1. The Labute approximate surface area is 187 Å². The fourth-order valence-corrected chi connectivity index (χ4v) is 4.19. The third-order valence-electron chi connectivity index (χ3n) is 5.64. The first-order valence-electron chi connectivity index (χ1n) is 10.8. The number of carbonyl (C=O) groups excluding carboxylic acids is 2. The van der Waals surface area contributed by atoms with E-state index in [0.717, 1.165) is 26.1 Å². The molecule has 7 nitrogen and oxygen atoms in total. The molecule has 0 bridgehead atoms. The molecule has 0 radical (unpaired) electrons. The van der Waals surface area contributed by atoms with Crippen molar-refractivity contribution in [1.29, 1.82) is 0 Å². The highest BCUT2D eigenvalue weighted by molar-refractivity contribution is 6.31. The van der Waals surface area contributed by atoms with E-state index in [9.17, 15) is 9.59 Å². The van der Waals surface area contributed by atoms with Gasteiger partial charge in [-0.2, -0.15) is 0 Å². The van der Waals surface area contributed by atoms with Crippen LogP contribution >= 0.6 is 11.6 Å². The van der Waals surface area contributed by atoms with Crippen molar-refractivity contribution < 1.29 is 14.3 Å². The van der Waals surface area contributed by atoms with Gasteiger partial charge in [0.1, 0.15) is 12.1 Å². The van der Waals surface area contributed by atoms with Gasteiger partial charge < -0.3 is 15.0 Å². The minimum absolute atomic E-state index is 0.117. The monoisotopic (exact) mass is 442 g/mol. The highest BCUT2D eigenvalue weighted by atomic mass is 35.5. The average molecular weight is 443 g/mol.